The van der Waals surface area contributed by atoms with Crippen LogP contribution in [0.15, 0.2) is 30.3 Å². The van der Waals surface area contributed by atoms with Gasteiger partial charge in [0.1, 0.15) is 13.0 Å². The molecule has 1 aromatic carbocycles. The summed E-state index contributed by atoms with van der Waals surface area (Å²) in [6, 6.07) is 10.4. The van der Waals surface area contributed by atoms with Gasteiger partial charge >= 0.3 is 0 Å². The highest BCUT2D eigenvalue weighted by atomic mass is 16.6. The fourth-order valence-electron chi connectivity index (χ4n) is 1.16. The first-order chi connectivity index (χ1) is 5.45. The van der Waals surface area contributed by atoms with Crippen molar-refractivity contribution in [2.75, 3.05) is 6.73 Å². The van der Waals surface area contributed by atoms with E-state index in [-0.39, 0.29) is 6.23 Å². The zero-order chi connectivity index (χ0) is 7.52. The molecular formula is C9H11NO. The van der Waals surface area contributed by atoms with E-state index in [1.807, 2.05) is 18.2 Å². The van der Waals surface area contributed by atoms with E-state index in [9.17, 15) is 0 Å². The minimum absolute atomic E-state index is 0.248. The van der Waals surface area contributed by atoms with Crippen LogP contribution in [-0.4, -0.2) is 13.0 Å². The standard InChI is InChI=1S/C9H11NO/c1-2-4-8(5-3-1)6-9-10-7-11-9/h1-5,9-10H,6-7H2. The monoisotopic (exact) mass is 149 g/mol. The van der Waals surface area contributed by atoms with Crippen LogP contribution >= 0.6 is 0 Å². The van der Waals surface area contributed by atoms with Crippen molar-refractivity contribution in [2.24, 2.45) is 0 Å². The Morgan fingerprint density at radius 3 is 2.64 bits per heavy atom. The van der Waals surface area contributed by atoms with Gasteiger partial charge in [0, 0.05) is 6.42 Å². The minimum atomic E-state index is 0.248. The molecule has 0 spiro atoms. The number of rotatable bonds is 2. The Morgan fingerprint density at radius 1 is 1.36 bits per heavy atom. The molecule has 1 unspecified atom stereocenters. The van der Waals surface area contributed by atoms with Crippen LogP contribution in [0.2, 0.25) is 0 Å². The SMILES string of the molecule is c1ccc(CC2NCO2)cc1. The summed E-state index contributed by atoms with van der Waals surface area (Å²) in [4.78, 5) is 0. The molecule has 0 radical (unpaired) electrons. The molecule has 0 bridgehead atoms. The van der Waals surface area contributed by atoms with Gasteiger partial charge in [0.05, 0.1) is 0 Å². The summed E-state index contributed by atoms with van der Waals surface area (Å²) in [5, 5.41) is 3.17. The third-order valence-corrected chi connectivity index (χ3v) is 1.86. The zero-order valence-corrected chi connectivity index (χ0v) is 6.29. The molecule has 2 rings (SSSR count). The maximum atomic E-state index is 5.22. The molecule has 1 aliphatic heterocycles. The number of benzene rings is 1. The highest BCUT2D eigenvalue weighted by molar-refractivity contribution is 5.15. The number of ether oxygens (including phenoxy) is 1. The normalized spacial score (nSPS) is 22.7. The predicted octanol–water partition coefficient (Wildman–Crippen LogP) is 1.13. The number of hydrogen-bond acceptors (Lipinski definition) is 2. The highest BCUT2D eigenvalue weighted by Gasteiger charge is 2.16. The average molecular weight is 149 g/mol. The predicted molar refractivity (Wildman–Crippen MR) is 43.0 cm³/mol. The van der Waals surface area contributed by atoms with Crippen molar-refractivity contribution in [3.05, 3.63) is 35.9 Å². The molecular weight excluding hydrogens is 138 g/mol. The molecule has 2 heteroatoms. The first-order valence-electron chi connectivity index (χ1n) is 3.84. The summed E-state index contributed by atoms with van der Waals surface area (Å²) in [5.74, 6) is 0. The molecule has 11 heavy (non-hydrogen) atoms. The molecule has 1 fully saturated rings. The van der Waals surface area contributed by atoms with Gasteiger partial charge < -0.3 is 4.74 Å². The van der Waals surface area contributed by atoms with E-state index >= 15 is 0 Å². The fraction of sp³-hybridized carbons (Fsp3) is 0.333. The van der Waals surface area contributed by atoms with Gasteiger partial charge in [0.25, 0.3) is 0 Å². The van der Waals surface area contributed by atoms with E-state index in [0.717, 1.165) is 6.42 Å². The molecule has 2 nitrogen and oxygen atoms in total. The largest absolute Gasteiger partial charge is 0.348 e. The summed E-state index contributed by atoms with van der Waals surface area (Å²) < 4.78 is 5.22. The van der Waals surface area contributed by atoms with Gasteiger partial charge in [0.2, 0.25) is 0 Å². The van der Waals surface area contributed by atoms with Crippen LogP contribution < -0.4 is 5.32 Å². The lowest BCUT2D eigenvalue weighted by atomic mass is 10.1. The third kappa shape index (κ3) is 1.59. The van der Waals surface area contributed by atoms with E-state index in [4.69, 9.17) is 4.74 Å². The summed E-state index contributed by atoms with van der Waals surface area (Å²) in [7, 11) is 0. The second kappa shape index (κ2) is 3.03. The molecule has 0 saturated carbocycles. The van der Waals surface area contributed by atoms with Crippen molar-refractivity contribution < 1.29 is 4.74 Å². The Morgan fingerprint density at radius 2 is 2.09 bits per heavy atom. The Labute approximate surface area is 66.2 Å². The molecule has 1 N–H and O–H groups in total. The van der Waals surface area contributed by atoms with Gasteiger partial charge in [-0.25, -0.2) is 0 Å². The topological polar surface area (TPSA) is 21.3 Å². The van der Waals surface area contributed by atoms with Crippen LogP contribution in [0.3, 0.4) is 0 Å². The zero-order valence-electron chi connectivity index (χ0n) is 6.29. The van der Waals surface area contributed by atoms with Crippen molar-refractivity contribution in [1.82, 2.24) is 5.32 Å². The maximum Gasteiger partial charge on any atom is 0.115 e. The van der Waals surface area contributed by atoms with Crippen molar-refractivity contribution in [1.29, 1.82) is 0 Å². The van der Waals surface area contributed by atoms with E-state index in [0.29, 0.717) is 6.73 Å². The molecule has 1 aromatic rings. The highest BCUT2D eigenvalue weighted by Crippen LogP contribution is 2.07. The third-order valence-electron chi connectivity index (χ3n) is 1.86. The van der Waals surface area contributed by atoms with Crippen LogP contribution in [-0.2, 0) is 11.2 Å². The molecule has 58 valence electrons. The van der Waals surface area contributed by atoms with E-state index < -0.39 is 0 Å². The van der Waals surface area contributed by atoms with Crippen molar-refractivity contribution in [3.8, 4) is 0 Å². The number of hydrogen-bond donors (Lipinski definition) is 1. The molecule has 0 aromatic heterocycles. The Balaban J connectivity index is 1.95. The Bertz CT molecular complexity index is 218. The van der Waals surface area contributed by atoms with E-state index in [1.165, 1.54) is 5.56 Å². The quantitative estimate of drug-likeness (QED) is 0.680. The van der Waals surface area contributed by atoms with Gasteiger partial charge in [-0.1, -0.05) is 30.3 Å². The van der Waals surface area contributed by atoms with Crippen molar-refractivity contribution in [3.63, 3.8) is 0 Å². The summed E-state index contributed by atoms with van der Waals surface area (Å²) >= 11 is 0. The molecule has 1 aliphatic rings. The average Bonchev–Trinajstić information content (AvgIpc) is 1.99. The second-order valence-corrected chi connectivity index (χ2v) is 2.69. The van der Waals surface area contributed by atoms with Crippen LogP contribution in [0.5, 0.6) is 0 Å². The van der Waals surface area contributed by atoms with Crippen molar-refractivity contribution >= 4 is 0 Å². The van der Waals surface area contributed by atoms with Crippen LogP contribution in [0.4, 0.5) is 0 Å². The molecule has 1 heterocycles. The molecule has 1 saturated heterocycles. The number of nitrogens with one attached hydrogen (secondary N) is 1. The first-order valence-corrected chi connectivity index (χ1v) is 3.84. The fourth-order valence-corrected chi connectivity index (χ4v) is 1.16. The minimum Gasteiger partial charge on any atom is -0.348 e. The Kier molecular flexibility index (Phi) is 1.88. The van der Waals surface area contributed by atoms with Gasteiger partial charge in [-0.2, -0.15) is 0 Å². The molecule has 0 amide bonds. The van der Waals surface area contributed by atoms with Crippen molar-refractivity contribution in [2.45, 2.75) is 12.6 Å². The molecule has 1 atom stereocenters. The van der Waals surface area contributed by atoms with Gasteiger partial charge in [-0.15, -0.1) is 0 Å². The van der Waals surface area contributed by atoms with Crippen LogP contribution in [0.25, 0.3) is 0 Å². The Hall–Kier alpha value is -0.860. The second-order valence-electron chi connectivity index (χ2n) is 2.69. The van der Waals surface area contributed by atoms with Gasteiger partial charge in [-0.05, 0) is 5.56 Å². The first kappa shape index (κ1) is 6.83. The maximum absolute atomic E-state index is 5.22. The van der Waals surface area contributed by atoms with E-state index in [1.54, 1.807) is 0 Å². The lowest BCUT2D eigenvalue weighted by molar-refractivity contribution is -0.0873. The van der Waals surface area contributed by atoms with E-state index in [2.05, 4.69) is 17.4 Å². The molecule has 0 aliphatic carbocycles. The summed E-state index contributed by atoms with van der Waals surface area (Å²) in [6.45, 7) is 0.706. The summed E-state index contributed by atoms with van der Waals surface area (Å²) in [5.41, 5.74) is 1.32. The lowest BCUT2D eigenvalue weighted by Gasteiger charge is -2.28. The van der Waals surface area contributed by atoms with Gasteiger partial charge in [0.15, 0.2) is 0 Å². The van der Waals surface area contributed by atoms with Crippen LogP contribution in [0, 0.1) is 0 Å². The lowest BCUT2D eigenvalue weighted by Crippen LogP contribution is -2.47. The van der Waals surface area contributed by atoms with Crippen LogP contribution in [0.1, 0.15) is 5.56 Å². The summed E-state index contributed by atoms with van der Waals surface area (Å²) in [6.07, 6.45) is 1.22. The van der Waals surface area contributed by atoms with Gasteiger partial charge in [-0.3, -0.25) is 5.32 Å². The smallest absolute Gasteiger partial charge is 0.115 e.